The first-order chi connectivity index (χ1) is 12.2. The molecular formula is C18H25N5O2. The number of aryl methyl sites for hydroxylation is 1. The number of H-pyrrole nitrogens is 1. The van der Waals surface area contributed by atoms with E-state index in [-0.39, 0.29) is 11.9 Å². The summed E-state index contributed by atoms with van der Waals surface area (Å²) < 4.78 is 5.25. The largest absolute Gasteiger partial charge is 0.497 e. The summed E-state index contributed by atoms with van der Waals surface area (Å²) in [5, 5.41) is 13.3. The number of likely N-dealkylation sites (tertiary alicyclic amines) is 1. The highest BCUT2D eigenvalue weighted by molar-refractivity contribution is 5.93. The fourth-order valence-electron chi connectivity index (χ4n) is 3.29. The van der Waals surface area contributed by atoms with Gasteiger partial charge in [-0.05, 0) is 50.6 Å². The van der Waals surface area contributed by atoms with E-state index in [9.17, 15) is 4.79 Å². The summed E-state index contributed by atoms with van der Waals surface area (Å²) in [4.78, 5) is 14.8. The van der Waals surface area contributed by atoms with Gasteiger partial charge in [-0.25, -0.2) is 0 Å². The number of nitrogens with one attached hydrogen (secondary N) is 2. The predicted molar refractivity (Wildman–Crippen MR) is 94.6 cm³/mol. The van der Waals surface area contributed by atoms with E-state index < -0.39 is 0 Å². The van der Waals surface area contributed by atoms with Gasteiger partial charge in [0.2, 0.25) is 0 Å². The first-order valence-electron chi connectivity index (χ1n) is 8.72. The molecule has 3 rings (SSSR count). The summed E-state index contributed by atoms with van der Waals surface area (Å²) in [6.45, 7) is 4.41. The molecule has 2 aromatic rings. The lowest BCUT2D eigenvalue weighted by atomic mass is 10.0. The van der Waals surface area contributed by atoms with E-state index in [4.69, 9.17) is 4.74 Å². The van der Waals surface area contributed by atoms with E-state index in [1.54, 1.807) is 14.0 Å². The summed E-state index contributed by atoms with van der Waals surface area (Å²) in [5.41, 5.74) is 2.14. The number of rotatable bonds is 6. The molecular weight excluding hydrogens is 318 g/mol. The zero-order valence-electron chi connectivity index (χ0n) is 14.8. The smallest absolute Gasteiger partial charge is 0.273 e. The van der Waals surface area contributed by atoms with Crippen LogP contribution in [-0.2, 0) is 0 Å². The topological polar surface area (TPSA) is 83.1 Å². The molecule has 1 saturated heterocycles. The first kappa shape index (κ1) is 17.4. The van der Waals surface area contributed by atoms with Crippen molar-refractivity contribution in [1.82, 2.24) is 25.6 Å². The molecule has 1 amide bonds. The monoisotopic (exact) mass is 343 g/mol. The maximum atomic E-state index is 12.4. The highest BCUT2D eigenvalue weighted by atomic mass is 16.5. The molecule has 134 valence electrons. The van der Waals surface area contributed by atoms with Gasteiger partial charge in [-0.1, -0.05) is 18.6 Å². The molecule has 1 aromatic heterocycles. The summed E-state index contributed by atoms with van der Waals surface area (Å²) in [7, 11) is 1.66. The molecule has 0 bridgehead atoms. The van der Waals surface area contributed by atoms with Crippen LogP contribution < -0.4 is 10.1 Å². The summed E-state index contributed by atoms with van der Waals surface area (Å²) in [6.07, 6.45) is 3.67. The molecule has 0 spiro atoms. The van der Waals surface area contributed by atoms with Crippen molar-refractivity contribution in [2.75, 3.05) is 26.7 Å². The van der Waals surface area contributed by atoms with Crippen LogP contribution in [0.3, 0.4) is 0 Å². The van der Waals surface area contributed by atoms with Crippen LogP contribution in [0, 0.1) is 6.92 Å². The zero-order chi connectivity index (χ0) is 17.6. The average molecular weight is 343 g/mol. The number of ether oxygens (including phenoxy) is 1. The van der Waals surface area contributed by atoms with E-state index in [0.717, 1.165) is 18.8 Å². The molecule has 0 aliphatic carbocycles. The number of methoxy groups -OCH3 is 1. The van der Waals surface area contributed by atoms with Gasteiger partial charge in [0.15, 0.2) is 5.69 Å². The fourth-order valence-corrected chi connectivity index (χ4v) is 3.29. The molecule has 1 aliphatic heterocycles. The molecule has 25 heavy (non-hydrogen) atoms. The minimum Gasteiger partial charge on any atom is -0.497 e. The Labute approximate surface area is 147 Å². The third-order valence-corrected chi connectivity index (χ3v) is 4.73. The Morgan fingerprint density at radius 3 is 2.56 bits per heavy atom. The van der Waals surface area contributed by atoms with Gasteiger partial charge in [-0.15, -0.1) is 0 Å². The van der Waals surface area contributed by atoms with Crippen LogP contribution >= 0.6 is 0 Å². The number of carbonyl (C=O) groups excluding carboxylic acids is 1. The number of piperidine rings is 1. The lowest BCUT2D eigenvalue weighted by Gasteiger charge is -2.35. The maximum Gasteiger partial charge on any atom is 0.273 e. The lowest BCUT2D eigenvalue weighted by molar-refractivity contribution is 0.0919. The van der Waals surface area contributed by atoms with Gasteiger partial charge in [-0.3, -0.25) is 9.69 Å². The second kappa shape index (κ2) is 8.11. The van der Waals surface area contributed by atoms with Crippen molar-refractivity contribution in [2.24, 2.45) is 0 Å². The van der Waals surface area contributed by atoms with E-state index in [2.05, 4.69) is 37.8 Å². The summed E-state index contributed by atoms with van der Waals surface area (Å²) in [5.74, 6) is 0.644. The number of aromatic nitrogens is 3. The van der Waals surface area contributed by atoms with Crippen molar-refractivity contribution >= 4 is 5.91 Å². The van der Waals surface area contributed by atoms with Crippen LogP contribution in [0.1, 0.15) is 47.1 Å². The zero-order valence-corrected chi connectivity index (χ0v) is 14.8. The van der Waals surface area contributed by atoms with Crippen LogP contribution in [0.15, 0.2) is 24.3 Å². The normalized spacial score (nSPS) is 16.4. The van der Waals surface area contributed by atoms with Crippen LogP contribution in [-0.4, -0.2) is 53.0 Å². The summed E-state index contributed by atoms with van der Waals surface area (Å²) in [6, 6.07) is 8.23. The number of amides is 1. The highest BCUT2D eigenvalue weighted by Crippen LogP contribution is 2.26. The fraction of sp³-hybridized carbons (Fsp3) is 0.500. The van der Waals surface area contributed by atoms with Crippen molar-refractivity contribution in [3.63, 3.8) is 0 Å². The Morgan fingerprint density at radius 2 is 1.96 bits per heavy atom. The third kappa shape index (κ3) is 4.17. The maximum absolute atomic E-state index is 12.4. The molecule has 2 N–H and O–H groups in total. The average Bonchev–Trinajstić information content (AvgIpc) is 3.09. The Kier molecular flexibility index (Phi) is 5.65. The van der Waals surface area contributed by atoms with Gasteiger partial charge in [0.1, 0.15) is 5.75 Å². The second-order valence-corrected chi connectivity index (χ2v) is 6.35. The standard InChI is InChI=1S/C18H25N5O2/c1-13-17(21-22-20-13)18(24)19-12-16(23-10-4-3-5-11-23)14-6-8-15(25-2)9-7-14/h6-9,16H,3-5,10-12H2,1-2H3,(H,19,24)(H,20,21,22)/t16-/m1/s1. The van der Waals surface area contributed by atoms with E-state index in [1.165, 1.54) is 24.8 Å². The molecule has 1 atom stereocenters. The van der Waals surface area contributed by atoms with Crippen molar-refractivity contribution < 1.29 is 9.53 Å². The Morgan fingerprint density at radius 1 is 1.24 bits per heavy atom. The molecule has 1 aromatic carbocycles. The van der Waals surface area contributed by atoms with Crippen LogP contribution in [0.5, 0.6) is 5.75 Å². The molecule has 0 unspecified atom stereocenters. The van der Waals surface area contributed by atoms with E-state index >= 15 is 0 Å². The van der Waals surface area contributed by atoms with Crippen molar-refractivity contribution in [1.29, 1.82) is 0 Å². The van der Waals surface area contributed by atoms with Gasteiger partial charge in [0, 0.05) is 6.54 Å². The Balaban J connectivity index is 1.73. The molecule has 0 saturated carbocycles. The van der Waals surface area contributed by atoms with Crippen LogP contribution in [0.2, 0.25) is 0 Å². The third-order valence-electron chi connectivity index (χ3n) is 4.73. The minimum absolute atomic E-state index is 0.141. The highest BCUT2D eigenvalue weighted by Gasteiger charge is 2.24. The number of benzene rings is 1. The van der Waals surface area contributed by atoms with Crippen LogP contribution in [0.4, 0.5) is 0 Å². The molecule has 7 heteroatoms. The van der Waals surface area contributed by atoms with Crippen molar-refractivity contribution in [2.45, 2.75) is 32.2 Å². The van der Waals surface area contributed by atoms with E-state index in [1.807, 2.05) is 12.1 Å². The minimum atomic E-state index is -0.193. The molecule has 1 aliphatic rings. The quantitative estimate of drug-likeness (QED) is 0.839. The summed E-state index contributed by atoms with van der Waals surface area (Å²) >= 11 is 0. The van der Waals surface area contributed by atoms with Gasteiger partial charge in [0.25, 0.3) is 5.91 Å². The number of nitrogens with zero attached hydrogens (tertiary/aromatic N) is 3. The van der Waals surface area contributed by atoms with Gasteiger partial charge in [0.05, 0.1) is 18.8 Å². The number of hydrogen-bond donors (Lipinski definition) is 2. The molecule has 7 nitrogen and oxygen atoms in total. The van der Waals surface area contributed by atoms with Gasteiger partial charge >= 0.3 is 0 Å². The van der Waals surface area contributed by atoms with E-state index in [0.29, 0.717) is 17.9 Å². The van der Waals surface area contributed by atoms with Gasteiger partial charge < -0.3 is 10.1 Å². The van der Waals surface area contributed by atoms with Crippen molar-refractivity contribution in [3.8, 4) is 5.75 Å². The van der Waals surface area contributed by atoms with Crippen LogP contribution in [0.25, 0.3) is 0 Å². The SMILES string of the molecule is COc1ccc([C@@H](CNC(=O)c2n[nH]nc2C)N2CCCCC2)cc1. The van der Waals surface area contributed by atoms with Crippen molar-refractivity contribution in [3.05, 3.63) is 41.2 Å². The second-order valence-electron chi connectivity index (χ2n) is 6.35. The Bertz CT molecular complexity index is 692. The first-order valence-corrected chi connectivity index (χ1v) is 8.72. The number of carbonyl (C=O) groups is 1. The molecule has 0 radical (unpaired) electrons. The number of hydrogen-bond acceptors (Lipinski definition) is 5. The molecule has 1 fully saturated rings. The molecule has 2 heterocycles. The number of aromatic amines is 1. The predicted octanol–water partition coefficient (Wildman–Crippen LogP) is 2.08. The van der Waals surface area contributed by atoms with Gasteiger partial charge in [-0.2, -0.15) is 15.4 Å². The Hall–Kier alpha value is -2.41. The lowest BCUT2D eigenvalue weighted by Crippen LogP contribution is -2.40.